The molecule has 7 heteroatoms. The first-order valence-electron chi connectivity index (χ1n) is 8.73. The maximum Gasteiger partial charge on any atom is 0.251 e. The molecule has 1 aliphatic rings. The first-order chi connectivity index (χ1) is 13.1. The van der Waals surface area contributed by atoms with Crippen LogP contribution in [-0.2, 0) is 11.3 Å². The predicted octanol–water partition coefficient (Wildman–Crippen LogP) is 3.12. The van der Waals surface area contributed by atoms with Crippen molar-refractivity contribution in [3.8, 4) is 11.5 Å². The second-order valence-electron chi connectivity index (χ2n) is 6.14. The quantitative estimate of drug-likeness (QED) is 0.821. The number of carbonyl (C=O) groups is 1. The van der Waals surface area contributed by atoms with Gasteiger partial charge in [0.15, 0.2) is 11.5 Å². The molecule has 0 saturated carbocycles. The van der Waals surface area contributed by atoms with E-state index in [4.69, 9.17) is 25.8 Å². The molecule has 2 aromatic carbocycles. The number of amides is 1. The van der Waals surface area contributed by atoms with Gasteiger partial charge in [-0.25, -0.2) is 0 Å². The molecule has 0 aromatic heterocycles. The topological polar surface area (TPSA) is 60.0 Å². The van der Waals surface area contributed by atoms with E-state index in [0.29, 0.717) is 28.6 Å². The van der Waals surface area contributed by atoms with Crippen molar-refractivity contribution in [2.45, 2.75) is 6.54 Å². The van der Waals surface area contributed by atoms with E-state index in [1.807, 2.05) is 12.1 Å². The van der Waals surface area contributed by atoms with Gasteiger partial charge >= 0.3 is 0 Å². The van der Waals surface area contributed by atoms with Crippen molar-refractivity contribution in [2.24, 2.45) is 0 Å². The highest BCUT2D eigenvalue weighted by molar-refractivity contribution is 6.32. The summed E-state index contributed by atoms with van der Waals surface area (Å²) in [6, 6.07) is 11.4. The molecule has 2 aromatic rings. The number of hydrogen-bond acceptors (Lipinski definition) is 5. The number of benzene rings is 2. The van der Waals surface area contributed by atoms with Gasteiger partial charge in [0, 0.05) is 30.9 Å². The van der Waals surface area contributed by atoms with Crippen molar-refractivity contribution in [3.63, 3.8) is 0 Å². The van der Waals surface area contributed by atoms with Gasteiger partial charge in [-0.15, -0.1) is 0 Å². The predicted molar refractivity (Wildman–Crippen MR) is 105 cm³/mol. The standard InChI is InChI=1S/C20H23ClN2O4/c1-25-18-12-15(11-17(21)19(18)26-2)20(24)22-13-14-3-5-16(6-4-14)23-7-9-27-10-8-23/h3-6,11-12H,7-10,13H2,1-2H3,(H,22,24). The van der Waals surface area contributed by atoms with Gasteiger partial charge in [0.25, 0.3) is 5.91 Å². The first-order valence-corrected chi connectivity index (χ1v) is 9.11. The van der Waals surface area contributed by atoms with Crippen LogP contribution in [0.4, 0.5) is 5.69 Å². The van der Waals surface area contributed by atoms with Crippen LogP contribution in [0.1, 0.15) is 15.9 Å². The fraction of sp³-hybridized carbons (Fsp3) is 0.350. The molecule has 144 valence electrons. The lowest BCUT2D eigenvalue weighted by Crippen LogP contribution is -2.36. The minimum absolute atomic E-state index is 0.227. The van der Waals surface area contributed by atoms with Crippen LogP contribution in [0.3, 0.4) is 0 Å². The van der Waals surface area contributed by atoms with Crippen molar-refractivity contribution in [1.29, 1.82) is 0 Å². The lowest BCUT2D eigenvalue weighted by atomic mass is 10.1. The average Bonchev–Trinajstić information content (AvgIpc) is 2.72. The highest BCUT2D eigenvalue weighted by Crippen LogP contribution is 2.36. The fourth-order valence-electron chi connectivity index (χ4n) is 2.98. The summed E-state index contributed by atoms with van der Waals surface area (Å²) >= 11 is 6.17. The van der Waals surface area contributed by atoms with Crippen LogP contribution in [0.15, 0.2) is 36.4 Å². The number of morpholine rings is 1. The molecule has 1 fully saturated rings. The van der Waals surface area contributed by atoms with E-state index in [9.17, 15) is 4.79 Å². The summed E-state index contributed by atoms with van der Waals surface area (Å²) in [5.41, 5.74) is 2.61. The summed E-state index contributed by atoms with van der Waals surface area (Å²) < 4.78 is 15.8. The highest BCUT2D eigenvalue weighted by Gasteiger charge is 2.15. The summed E-state index contributed by atoms with van der Waals surface area (Å²) in [5, 5.41) is 3.23. The zero-order valence-electron chi connectivity index (χ0n) is 15.5. The Hall–Kier alpha value is -2.44. The van der Waals surface area contributed by atoms with Crippen LogP contribution >= 0.6 is 11.6 Å². The second-order valence-corrected chi connectivity index (χ2v) is 6.55. The number of nitrogens with one attached hydrogen (secondary N) is 1. The molecule has 0 radical (unpaired) electrons. The van der Waals surface area contributed by atoms with Crippen LogP contribution < -0.4 is 19.7 Å². The largest absolute Gasteiger partial charge is 0.493 e. The van der Waals surface area contributed by atoms with Crippen LogP contribution in [0.2, 0.25) is 5.02 Å². The van der Waals surface area contributed by atoms with Gasteiger partial charge in [0.2, 0.25) is 0 Å². The van der Waals surface area contributed by atoms with Crippen LogP contribution in [-0.4, -0.2) is 46.4 Å². The van der Waals surface area contributed by atoms with Gasteiger partial charge in [0.1, 0.15) is 0 Å². The summed E-state index contributed by atoms with van der Waals surface area (Å²) in [7, 11) is 3.01. The Balaban J connectivity index is 1.62. The molecule has 1 amide bonds. The Morgan fingerprint density at radius 1 is 1.15 bits per heavy atom. The van der Waals surface area contributed by atoms with Crippen LogP contribution in [0, 0.1) is 0 Å². The number of nitrogens with zero attached hydrogens (tertiary/aromatic N) is 1. The second kappa shape index (κ2) is 8.97. The third kappa shape index (κ3) is 4.64. The third-order valence-corrected chi connectivity index (χ3v) is 4.74. The highest BCUT2D eigenvalue weighted by atomic mass is 35.5. The molecular weight excluding hydrogens is 368 g/mol. The Labute approximate surface area is 164 Å². The van der Waals surface area contributed by atoms with Gasteiger partial charge < -0.3 is 24.4 Å². The van der Waals surface area contributed by atoms with Crippen molar-refractivity contribution < 1.29 is 19.0 Å². The van der Waals surface area contributed by atoms with Crippen molar-refractivity contribution in [1.82, 2.24) is 5.32 Å². The fourth-order valence-corrected chi connectivity index (χ4v) is 3.27. The molecular formula is C20H23ClN2O4. The third-order valence-electron chi connectivity index (χ3n) is 4.46. The van der Waals surface area contributed by atoms with E-state index < -0.39 is 0 Å². The molecule has 0 atom stereocenters. The van der Waals surface area contributed by atoms with Crippen LogP contribution in [0.5, 0.6) is 11.5 Å². The molecule has 1 heterocycles. The molecule has 0 unspecified atom stereocenters. The lowest BCUT2D eigenvalue weighted by molar-refractivity contribution is 0.0950. The van der Waals surface area contributed by atoms with Crippen molar-refractivity contribution in [3.05, 3.63) is 52.5 Å². The number of hydrogen-bond donors (Lipinski definition) is 1. The molecule has 0 spiro atoms. The average molecular weight is 391 g/mol. The maximum atomic E-state index is 12.5. The summed E-state index contributed by atoms with van der Waals surface area (Å²) in [5.74, 6) is 0.606. The van der Waals surface area contributed by atoms with E-state index in [-0.39, 0.29) is 5.91 Å². The van der Waals surface area contributed by atoms with E-state index in [2.05, 4.69) is 22.3 Å². The molecule has 27 heavy (non-hydrogen) atoms. The molecule has 1 saturated heterocycles. The Kier molecular flexibility index (Phi) is 6.42. The first kappa shape index (κ1) is 19.3. The molecule has 1 aliphatic heterocycles. The summed E-state index contributed by atoms with van der Waals surface area (Å²) in [6.07, 6.45) is 0. The minimum Gasteiger partial charge on any atom is -0.493 e. The molecule has 3 rings (SSSR count). The Morgan fingerprint density at radius 2 is 1.85 bits per heavy atom. The SMILES string of the molecule is COc1cc(C(=O)NCc2ccc(N3CCOCC3)cc2)cc(Cl)c1OC. The summed E-state index contributed by atoms with van der Waals surface area (Å²) in [6.45, 7) is 3.73. The van der Waals surface area contributed by atoms with Crippen molar-refractivity contribution in [2.75, 3.05) is 45.4 Å². The van der Waals surface area contributed by atoms with Crippen molar-refractivity contribution >= 4 is 23.2 Å². The normalized spacial score (nSPS) is 14.0. The smallest absolute Gasteiger partial charge is 0.251 e. The molecule has 0 aliphatic carbocycles. The summed E-state index contributed by atoms with van der Waals surface area (Å²) in [4.78, 5) is 14.8. The number of anilines is 1. The van der Waals surface area contributed by atoms with Gasteiger partial charge in [-0.3, -0.25) is 4.79 Å². The van der Waals surface area contributed by atoms with Gasteiger partial charge in [0.05, 0.1) is 32.5 Å². The molecule has 1 N–H and O–H groups in total. The number of ether oxygens (including phenoxy) is 3. The maximum absolute atomic E-state index is 12.5. The van der Waals surface area contributed by atoms with Gasteiger partial charge in [-0.05, 0) is 29.8 Å². The number of rotatable bonds is 6. The molecule has 0 bridgehead atoms. The number of methoxy groups -OCH3 is 2. The zero-order valence-corrected chi connectivity index (χ0v) is 16.2. The monoisotopic (exact) mass is 390 g/mol. The van der Waals surface area contributed by atoms with E-state index in [0.717, 1.165) is 31.9 Å². The van der Waals surface area contributed by atoms with E-state index >= 15 is 0 Å². The van der Waals surface area contributed by atoms with E-state index in [1.54, 1.807) is 12.1 Å². The van der Waals surface area contributed by atoms with Gasteiger partial charge in [-0.1, -0.05) is 23.7 Å². The lowest BCUT2D eigenvalue weighted by Gasteiger charge is -2.28. The molecule has 6 nitrogen and oxygen atoms in total. The van der Waals surface area contributed by atoms with Crippen LogP contribution in [0.25, 0.3) is 0 Å². The Bertz CT molecular complexity index is 789. The number of carbonyl (C=O) groups excluding carboxylic acids is 1. The zero-order chi connectivity index (χ0) is 19.2. The Morgan fingerprint density at radius 3 is 2.48 bits per heavy atom. The van der Waals surface area contributed by atoms with E-state index in [1.165, 1.54) is 19.9 Å². The minimum atomic E-state index is -0.227. The number of halogens is 1. The van der Waals surface area contributed by atoms with Gasteiger partial charge in [-0.2, -0.15) is 0 Å².